The summed E-state index contributed by atoms with van der Waals surface area (Å²) >= 11 is 0. The molecule has 5 nitrogen and oxygen atoms in total. The Bertz CT molecular complexity index is 614. The van der Waals surface area contributed by atoms with Gasteiger partial charge in [0.25, 0.3) is 0 Å². The summed E-state index contributed by atoms with van der Waals surface area (Å²) in [5.41, 5.74) is 8.53. The number of nitrogens with one attached hydrogen (secondary N) is 3. The summed E-state index contributed by atoms with van der Waals surface area (Å²) < 4.78 is 0. The van der Waals surface area contributed by atoms with Gasteiger partial charge in [-0.3, -0.25) is 15.8 Å². The van der Waals surface area contributed by atoms with Gasteiger partial charge in [-0.25, -0.2) is 4.98 Å². The molecule has 0 spiro atoms. The molecule has 1 aromatic heterocycles. The standard InChI is InChI=1S/C15H19N5/c1-2-4-14-13(3-1)16-9-15(19-14)18-11-5-6-12-10(7-11)8-17-20-12/h1-4,9-12,17,20H,5-8H2,(H,18,19). The fourth-order valence-corrected chi connectivity index (χ4v) is 3.37. The molecule has 5 heteroatoms. The summed E-state index contributed by atoms with van der Waals surface area (Å²) in [5, 5.41) is 3.56. The highest BCUT2D eigenvalue weighted by Gasteiger charge is 2.33. The highest BCUT2D eigenvalue weighted by Crippen LogP contribution is 2.28. The SMILES string of the molecule is c1ccc2nc(NC3CCC4NNCC4C3)cnc2c1. The number of hydrogen-bond donors (Lipinski definition) is 3. The topological polar surface area (TPSA) is 61.9 Å². The van der Waals surface area contributed by atoms with E-state index >= 15 is 0 Å². The van der Waals surface area contributed by atoms with Gasteiger partial charge in [-0.1, -0.05) is 12.1 Å². The third-order valence-electron chi connectivity index (χ3n) is 4.43. The number of hydrogen-bond acceptors (Lipinski definition) is 5. The zero-order valence-corrected chi connectivity index (χ0v) is 11.3. The number of rotatable bonds is 2. The van der Waals surface area contributed by atoms with Crippen molar-refractivity contribution in [3.05, 3.63) is 30.5 Å². The van der Waals surface area contributed by atoms with Gasteiger partial charge < -0.3 is 5.32 Å². The molecular weight excluding hydrogens is 250 g/mol. The van der Waals surface area contributed by atoms with Crippen LogP contribution in [0.1, 0.15) is 19.3 Å². The monoisotopic (exact) mass is 269 g/mol. The maximum atomic E-state index is 4.65. The number of benzene rings is 1. The van der Waals surface area contributed by atoms with E-state index < -0.39 is 0 Å². The van der Waals surface area contributed by atoms with Gasteiger partial charge in [0, 0.05) is 18.6 Å². The molecule has 1 aliphatic heterocycles. The second-order valence-corrected chi connectivity index (χ2v) is 5.79. The predicted molar refractivity (Wildman–Crippen MR) is 79.2 cm³/mol. The lowest BCUT2D eigenvalue weighted by Crippen LogP contribution is -2.39. The van der Waals surface area contributed by atoms with Crippen molar-refractivity contribution in [2.75, 3.05) is 11.9 Å². The van der Waals surface area contributed by atoms with E-state index in [1.807, 2.05) is 30.5 Å². The van der Waals surface area contributed by atoms with Crippen LogP contribution in [0.5, 0.6) is 0 Å². The average Bonchev–Trinajstić information content (AvgIpc) is 2.95. The van der Waals surface area contributed by atoms with E-state index in [-0.39, 0.29) is 0 Å². The molecular formula is C15H19N5. The van der Waals surface area contributed by atoms with Crippen LogP contribution < -0.4 is 16.2 Å². The zero-order valence-electron chi connectivity index (χ0n) is 11.3. The van der Waals surface area contributed by atoms with E-state index in [1.165, 1.54) is 19.3 Å². The van der Waals surface area contributed by atoms with Gasteiger partial charge in [-0.15, -0.1) is 0 Å². The molecule has 0 bridgehead atoms. The van der Waals surface area contributed by atoms with E-state index in [0.29, 0.717) is 12.1 Å². The third kappa shape index (κ3) is 2.23. The van der Waals surface area contributed by atoms with E-state index in [1.54, 1.807) is 0 Å². The van der Waals surface area contributed by atoms with E-state index in [4.69, 9.17) is 0 Å². The molecule has 4 rings (SSSR count). The molecule has 2 fully saturated rings. The molecule has 1 saturated heterocycles. The second kappa shape index (κ2) is 5.00. The Morgan fingerprint density at radius 2 is 2.05 bits per heavy atom. The number of para-hydroxylation sites is 2. The number of hydrazine groups is 1. The van der Waals surface area contributed by atoms with Crippen molar-refractivity contribution in [2.45, 2.75) is 31.3 Å². The van der Waals surface area contributed by atoms with Gasteiger partial charge in [0.15, 0.2) is 0 Å². The number of fused-ring (bicyclic) bond motifs is 2. The molecule has 3 unspecified atom stereocenters. The molecule has 3 N–H and O–H groups in total. The molecule has 1 aromatic carbocycles. The number of nitrogens with zero attached hydrogens (tertiary/aromatic N) is 2. The van der Waals surface area contributed by atoms with Crippen LogP contribution in [0.4, 0.5) is 5.82 Å². The first kappa shape index (κ1) is 12.1. The maximum absolute atomic E-state index is 4.65. The van der Waals surface area contributed by atoms with Crippen molar-refractivity contribution < 1.29 is 0 Å². The Hall–Kier alpha value is -1.72. The van der Waals surface area contributed by atoms with E-state index in [9.17, 15) is 0 Å². The van der Waals surface area contributed by atoms with Crippen LogP contribution >= 0.6 is 0 Å². The smallest absolute Gasteiger partial charge is 0.145 e. The minimum atomic E-state index is 0.508. The third-order valence-corrected chi connectivity index (χ3v) is 4.43. The first-order valence-electron chi connectivity index (χ1n) is 7.35. The Labute approximate surface area is 118 Å². The van der Waals surface area contributed by atoms with Gasteiger partial charge in [0.05, 0.1) is 17.2 Å². The quantitative estimate of drug-likeness (QED) is 0.774. The Kier molecular flexibility index (Phi) is 3.01. The summed E-state index contributed by atoms with van der Waals surface area (Å²) in [6.07, 6.45) is 5.44. The summed E-state index contributed by atoms with van der Waals surface area (Å²) in [6.45, 7) is 1.08. The highest BCUT2D eigenvalue weighted by molar-refractivity contribution is 5.75. The first-order valence-corrected chi connectivity index (χ1v) is 7.35. The van der Waals surface area contributed by atoms with Crippen LogP contribution in [0, 0.1) is 5.92 Å². The lowest BCUT2D eigenvalue weighted by molar-refractivity contribution is 0.314. The van der Waals surface area contributed by atoms with Crippen LogP contribution in [-0.2, 0) is 0 Å². The fraction of sp³-hybridized carbons (Fsp3) is 0.467. The van der Waals surface area contributed by atoms with Gasteiger partial charge in [-0.05, 0) is 37.3 Å². The predicted octanol–water partition coefficient (Wildman–Crippen LogP) is 1.69. The van der Waals surface area contributed by atoms with Crippen LogP contribution in [-0.4, -0.2) is 28.6 Å². The lowest BCUT2D eigenvalue weighted by Gasteiger charge is -2.31. The Morgan fingerprint density at radius 1 is 1.15 bits per heavy atom. The largest absolute Gasteiger partial charge is 0.366 e. The Morgan fingerprint density at radius 3 is 3.00 bits per heavy atom. The van der Waals surface area contributed by atoms with Crippen LogP contribution in [0.15, 0.2) is 30.5 Å². The summed E-state index contributed by atoms with van der Waals surface area (Å²) in [7, 11) is 0. The minimum Gasteiger partial charge on any atom is -0.366 e. The second-order valence-electron chi connectivity index (χ2n) is 5.79. The molecule has 0 amide bonds. The lowest BCUT2D eigenvalue weighted by atomic mass is 9.83. The number of aromatic nitrogens is 2. The summed E-state index contributed by atoms with van der Waals surface area (Å²) in [5.74, 6) is 1.63. The molecule has 2 aromatic rings. The fourth-order valence-electron chi connectivity index (χ4n) is 3.37. The number of anilines is 1. The molecule has 2 aliphatic rings. The van der Waals surface area contributed by atoms with E-state index in [2.05, 4.69) is 26.1 Å². The Balaban J connectivity index is 1.49. The first-order chi connectivity index (χ1) is 9.88. The molecule has 0 radical (unpaired) electrons. The highest BCUT2D eigenvalue weighted by atomic mass is 15.4. The van der Waals surface area contributed by atoms with Crippen molar-refractivity contribution in [3.63, 3.8) is 0 Å². The minimum absolute atomic E-state index is 0.508. The average molecular weight is 269 g/mol. The molecule has 1 aliphatic carbocycles. The van der Waals surface area contributed by atoms with Gasteiger partial charge in [-0.2, -0.15) is 0 Å². The molecule has 104 valence electrons. The van der Waals surface area contributed by atoms with Crippen LogP contribution in [0.2, 0.25) is 0 Å². The normalized spacial score (nSPS) is 29.3. The van der Waals surface area contributed by atoms with Crippen molar-refractivity contribution >= 4 is 16.9 Å². The van der Waals surface area contributed by atoms with Gasteiger partial charge in [0.2, 0.25) is 0 Å². The van der Waals surface area contributed by atoms with Crippen molar-refractivity contribution in [3.8, 4) is 0 Å². The van der Waals surface area contributed by atoms with Crippen molar-refractivity contribution in [1.82, 2.24) is 20.8 Å². The van der Waals surface area contributed by atoms with Gasteiger partial charge in [0.1, 0.15) is 5.82 Å². The van der Waals surface area contributed by atoms with Crippen molar-refractivity contribution in [2.24, 2.45) is 5.92 Å². The molecule has 1 saturated carbocycles. The van der Waals surface area contributed by atoms with Gasteiger partial charge >= 0.3 is 0 Å². The molecule has 20 heavy (non-hydrogen) atoms. The van der Waals surface area contributed by atoms with Crippen molar-refractivity contribution in [1.29, 1.82) is 0 Å². The van der Waals surface area contributed by atoms with Crippen LogP contribution in [0.3, 0.4) is 0 Å². The summed E-state index contributed by atoms with van der Waals surface area (Å²) in [4.78, 5) is 9.11. The summed E-state index contributed by atoms with van der Waals surface area (Å²) in [6, 6.07) is 9.15. The molecule has 2 heterocycles. The maximum Gasteiger partial charge on any atom is 0.145 e. The van der Waals surface area contributed by atoms with Crippen LogP contribution in [0.25, 0.3) is 11.0 Å². The molecule has 3 atom stereocenters. The zero-order chi connectivity index (χ0) is 13.4. The van der Waals surface area contributed by atoms with E-state index in [0.717, 1.165) is 29.3 Å².